The first kappa shape index (κ1) is 16.0. The Morgan fingerprint density at radius 2 is 2.23 bits per heavy atom. The summed E-state index contributed by atoms with van der Waals surface area (Å²) in [6.45, 7) is 2.91. The van der Waals surface area contributed by atoms with Gasteiger partial charge in [0.15, 0.2) is 0 Å². The normalized spacial score (nSPS) is 10.5. The SMILES string of the molecule is CCCN(CCO)C(=O)Nc1cccc(-c2nccn2C)c1. The van der Waals surface area contributed by atoms with Crippen LogP contribution < -0.4 is 5.32 Å². The van der Waals surface area contributed by atoms with Crippen molar-refractivity contribution >= 4 is 11.7 Å². The fourth-order valence-electron chi connectivity index (χ4n) is 2.29. The summed E-state index contributed by atoms with van der Waals surface area (Å²) in [5.41, 5.74) is 1.65. The Balaban J connectivity index is 2.13. The lowest BCUT2D eigenvalue weighted by Gasteiger charge is -2.21. The molecule has 0 spiro atoms. The van der Waals surface area contributed by atoms with Gasteiger partial charge in [0.25, 0.3) is 0 Å². The number of amides is 2. The molecule has 2 aromatic rings. The molecule has 0 aliphatic rings. The number of hydrogen-bond donors (Lipinski definition) is 2. The molecule has 2 rings (SSSR count). The Kier molecular flexibility index (Phi) is 5.55. The molecule has 1 heterocycles. The van der Waals surface area contributed by atoms with Crippen molar-refractivity contribution in [3.63, 3.8) is 0 Å². The van der Waals surface area contributed by atoms with Crippen LogP contribution in [0.15, 0.2) is 36.7 Å². The number of aryl methyl sites for hydroxylation is 1. The topological polar surface area (TPSA) is 70.4 Å². The molecule has 0 bridgehead atoms. The van der Waals surface area contributed by atoms with Crippen molar-refractivity contribution in [1.82, 2.24) is 14.5 Å². The zero-order valence-electron chi connectivity index (χ0n) is 13.0. The molecule has 2 amide bonds. The summed E-state index contributed by atoms with van der Waals surface area (Å²) in [6.07, 6.45) is 4.47. The van der Waals surface area contributed by atoms with Crippen molar-refractivity contribution in [1.29, 1.82) is 0 Å². The van der Waals surface area contributed by atoms with Crippen LogP contribution in [-0.2, 0) is 7.05 Å². The van der Waals surface area contributed by atoms with Gasteiger partial charge in [-0.15, -0.1) is 0 Å². The molecular formula is C16H22N4O2. The second-order valence-electron chi connectivity index (χ2n) is 5.08. The molecule has 0 aliphatic carbocycles. The van der Waals surface area contributed by atoms with E-state index in [-0.39, 0.29) is 12.6 Å². The lowest BCUT2D eigenvalue weighted by molar-refractivity contribution is 0.188. The molecule has 0 fully saturated rings. The van der Waals surface area contributed by atoms with E-state index in [2.05, 4.69) is 10.3 Å². The Bertz CT molecular complexity index is 618. The minimum absolute atomic E-state index is 0.0409. The second kappa shape index (κ2) is 7.61. The number of rotatable bonds is 6. The summed E-state index contributed by atoms with van der Waals surface area (Å²) in [5.74, 6) is 0.844. The lowest BCUT2D eigenvalue weighted by Crippen LogP contribution is -2.37. The fourth-order valence-corrected chi connectivity index (χ4v) is 2.29. The first-order valence-electron chi connectivity index (χ1n) is 7.40. The third-order valence-corrected chi connectivity index (χ3v) is 3.34. The maximum absolute atomic E-state index is 12.2. The van der Waals surface area contributed by atoms with E-state index < -0.39 is 0 Å². The van der Waals surface area contributed by atoms with Gasteiger partial charge in [-0.05, 0) is 18.6 Å². The van der Waals surface area contributed by atoms with Gasteiger partial charge in [-0.2, -0.15) is 0 Å². The molecule has 118 valence electrons. The number of carbonyl (C=O) groups excluding carboxylic acids is 1. The number of nitrogens with one attached hydrogen (secondary N) is 1. The average molecular weight is 302 g/mol. The highest BCUT2D eigenvalue weighted by molar-refractivity contribution is 5.90. The smallest absolute Gasteiger partial charge is 0.321 e. The molecule has 1 aromatic carbocycles. The van der Waals surface area contributed by atoms with Crippen LogP contribution in [0.5, 0.6) is 0 Å². The maximum Gasteiger partial charge on any atom is 0.321 e. The average Bonchev–Trinajstić information content (AvgIpc) is 2.93. The van der Waals surface area contributed by atoms with E-state index in [1.807, 2.05) is 49.0 Å². The van der Waals surface area contributed by atoms with Crippen molar-refractivity contribution in [2.75, 3.05) is 25.0 Å². The number of hydrogen-bond acceptors (Lipinski definition) is 3. The molecule has 0 unspecified atom stereocenters. The van der Waals surface area contributed by atoms with Crippen LogP contribution in [-0.4, -0.2) is 45.3 Å². The molecule has 0 aliphatic heterocycles. The van der Waals surface area contributed by atoms with E-state index in [1.54, 1.807) is 11.1 Å². The first-order chi connectivity index (χ1) is 10.7. The van der Waals surface area contributed by atoms with Gasteiger partial charge < -0.3 is 19.9 Å². The van der Waals surface area contributed by atoms with Crippen molar-refractivity contribution in [2.24, 2.45) is 7.05 Å². The van der Waals surface area contributed by atoms with Gasteiger partial charge in [0, 0.05) is 43.8 Å². The van der Waals surface area contributed by atoms with Crippen LogP contribution in [0.3, 0.4) is 0 Å². The highest BCUT2D eigenvalue weighted by atomic mass is 16.3. The molecule has 6 heteroatoms. The third kappa shape index (κ3) is 3.85. The highest BCUT2D eigenvalue weighted by Gasteiger charge is 2.12. The van der Waals surface area contributed by atoms with Crippen LogP contribution in [0.1, 0.15) is 13.3 Å². The Morgan fingerprint density at radius 3 is 2.86 bits per heavy atom. The van der Waals surface area contributed by atoms with Crippen molar-refractivity contribution < 1.29 is 9.90 Å². The number of imidazole rings is 1. The van der Waals surface area contributed by atoms with E-state index in [0.717, 1.165) is 17.8 Å². The van der Waals surface area contributed by atoms with Gasteiger partial charge in [-0.1, -0.05) is 19.1 Å². The molecular weight excluding hydrogens is 280 g/mol. The van der Waals surface area contributed by atoms with Crippen LogP contribution >= 0.6 is 0 Å². The zero-order chi connectivity index (χ0) is 15.9. The van der Waals surface area contributed by atoms with Crippen molar-refractivity contribution in [2.45, 2.75) is 13.3 Å². The predicted octanol–water partition coefficient (Wildman–Crippen LogP) is 2.32. The minimum Gasteiger partial charge on any atom is -0.395 e. The number of aromatic nitrogens is 2. The van der Waals surface area contributed by atoms with Gasteiger partial charge in [-0.25, -0.2) is 9.78 Å². The molecule has 22 heavy (non-hydrogen) atoms. The van der Waals surface area contributed by atoms with E-state index in [9.17, 15) is 4.79 Å². The number of carbonyl (C=O) groups is 1. The maximum atomic E-state index is 12.2. The summed E-state index contributed by atoms with van der Waals surface area (Å²) in [4.78, 5) is 18.2. The standard InChI is InChI=1S/C16H22N4O2/c1-3-8-20(10-11-21)16(22)18-14-6-4-5-13(12-14)15-17-7-9-19(15)2/h4-7,9,12,21H,3,8,10-11H2,1-2H3,(H,18,22). The zero-order valence-corrected chi connectivity index (χ0v) is 13.0. The predicted molar refractivity (Wildman–Crippen MR) is 86.6 cm³/mol. The van der Waals surface area contributed by atoms with Gasteiger partial charge in [0.05, 0.1) is 6.61 Å². The minimum atomic E-state index is -0.201. The van der Waals surface area contributed by atoms with E-state index >= 15 is 0 Å². The summed E-state index contributed by atoms with van der Waals surface area (Å²) < 4.78 is 1.93. The molecule has 0 saturated heterocycles. The van der Waals surface area contributed by atoms with Gasteiger partial charge in [0.2, 0.25) is 0 Å². The molecule has 1 aromatic heterocycles. The number of aliphatic hydroxyl groups excluding tert-OH is 1. The highest BCUT2D eigenvalue weighted by Crippen LogP contribution is 2.20. The van der Waals surface area contributed by atoms with Crippen molar-refractivity contribution in [3.05, 3.63) is 36.7 Å². The molecule has 6 nitrogen and oxygen atoms in total. The van der Waals surface area contributed by atoms with Gasteiger partial charge >= 0.3 is 6.03 Å². The lowest BCUT2D eigenvalue weighted by atomic mass is 10.2. The van der Waals surface area contributed by atoms with Crippen LogP contribution in [0.25, 0.3) is 11.4 Å². The Morgan fingerprint density at radius 1 is 1.41 bits per heavy atom. The van der Waals surface area contributed by atoms with Crippen LogP contribution in [0.4, 0.5) is 10.5 Å². The number of benzene rings is 1. The van der Waals surface area contributed by atoms with E-state index in [0.29, 0.717) is 18.8 Å². The van der Waals surface area contributed by atoms with E-state index in [4.69, 9.17) is 5.11 Å². The number of urea groups is 1. The van der Waals surface area contributed by atoms with Gasteiger partial charge in [0.1, 0.15) is 5.82 Å². The van der Waals surface area contributed by atoms with Crippen LogP contribution in [0, 0.1) is 0 Å². The fraction of sp³-hybridized carbons (Fsp3) is 0.375. The number of nitrogens with zero attached hydrogens (tertiary/aromatic N) is 3. The van der Waals surface area contributed by atoms with Gasteiger partial charge in [-0.3, -0.25) is 0 Å². The Labute approximate surface area is 130 Å². The largest absolute Gasteiger partial charge is 0.395 e. The van der Waals surface area contributed by atoms with E-state index in [1.165, 1.54) is 0 Å². The molecule has 2 N–H and O–H groups in total. The Hall–Kier alpha value is -2.34. The summed E-state index contributed by atoms with van der Waals surface area (Å²) in [6, 6.07) is 7.37. The summed E-state index contributed by atoms with van der Waals surface area (Å²) in [7, 11) is 1.93. The second-order valence-corrected chi connectivity index (χ2v) is 5.08. The molecule has 0 saturated carbocycles. The summed E-state index contributed by atoms with van der Waals surface area (Å²) >= 11 is 0. The number of aliphatic hydroxyl groups is 1. The number of anilines is 1. The summed E-state index contributed by atoms with van der Waals surface area (Å²) in [5, 5.41) is 11.9. The molecule has 0 radical (unpaired) electrons. The molecule has 0 atom stereocenters. The quantitative estimate of drug-likeness (QED) is 0.860. The first-order valence-corrected chi connectivity index (χ1v) is 7.40. The third-order valence-electron chi connectivity index (χ3n) is 3.34. The monoisotopic (exact) mass is 302 g/mol. The van der Waals surface area contributed by atoms with Crippen molar-refractivity contribution in [3.8, 4) is 11.4 Å². The van der Waals surface area contributed by atoms with Crippen LogP contribution in [0.2, 0.25) is 0 Å².